The van der Waals surface area contributed by atoms with Crippen LogP contribution in [0.15, 0.2) is 57.3 Å². The van der Waals surface area contributed by atoms with Gasteiger partial charge in [-0.3, -0.25) is 28.6 Å². The first-order valence-electron chi connectivity index (χ1n) is 11.9. The van der Waals surface area contributed by atoms with Gasteiger partial charge in [0.15, 0.2) is 11.4 Å². The van der Waals surface area contributed by atoms with Gasteiger partial charge in [-0.05, 0) is 42.5 Å². The van der Waals surface area contributed by atoms with Crippen LogP contribution in [0.4, 0.5) is 11.4 Å². The molecular weight excluding hydrogens is 548 g/mol. The lowest BCUT2D eigenvalue weighted by Crippen LogP contribution is -2.56. The van der Waals surface area contributed by atoms with Gasteiger partial charge in [0.05, 0.1) is 17.6 Å². The molecule has 0 fully saturated rings. The minimum Gasteiger partial charge on any atom is -0.506 e. The average molecular weight is 579 g/mol. The molecule has 1 atom stereocenters. The molecule has 14 heteroatoms. The van der Waals surface area contributed by atoms with Crippen LogP contribution >= 0.6 is 10.8 Å². The Morgan fingerprint density at radius 1 is 1.21 bits per heavy atom. The topological polar surface area (TPSA) is 189 Å². The monoisotopic (exact) mass is 578 g/mol. The van der Waals surface area contributed by atoms with Crippen molar-refractivity contribution in [2.75, 3.05) is 16.3 Å². The SMILES string of the molecule is CC(=O)N(O)C1(CCC(C)C)C(=O)C(C2=NS(O)(O)c3cc(NS(C)(=O)=O)ccc3N2)=C(O)c2ccccc21. The summed E-state index contributed by atoms with van der Waals surface area (Å²) in [6.07, 6.45) is 1.37. The highest BCUT2D eigenvalue weighted by molar-refractivity contribution is 8.23. The van der Waals surface area contributed by atoms with E-state index in [1.807, 2.05) is 13.8 Å². The summed E-state index contributed by atoms with van der Waals surface area (Å²) < 4.78 is 51.3. The maximum atomic E-state index is 14.3. The number of carbonyl (C=O) groups is 2. The number of nitrogens with zero attached hydrogens (tertiary/aromatic N) is 2. The lowest BCUT2D eigenvalue weighted by Gasteiger charge is -2.43. The molecule has 2 aromatic carbocycles. The Kier molecular flexibility index (Phi) is 7.29. The molecule has 0 bridgehead atoms. The van der Waals surface area contributed by atoms with Crippen LogP contribution < -0.4 is 10.0 Å². The number of nitrogens with one attached hydrogen (secondary N) is 2. The smallest absolute Gasteiger partial charge is 0.244 e. The average Bonchev–Trinajstić information content (AvgIpc) is 2.83. The van der Waals surface area contributed by atoms with E-state index in [0.717, 1.165) is 13.2 Å². The first kappa shape index (κ1) is 28.6. The lowest BCUT2D eigenvalue weighted by atomic mass is 9.71. The number of fused-ring (bicyclic) bond motifs is 2. The minimum atomic E-state index is -3.99. The molecule has 0 saturated heterocycles. The van der Waals surface area contributed by atoms with Crippen LogP contribution in [0.5, 0.6) is 0 Å². The van der Waals surface area contributed by atoms with E-state index in [1.54, 1.807) is 18.2 Å². The Labute approximate surface area is 227 Å². The molecule has 2 aliphatic rings. The van der Waals surface area contributed by atoms with Crippen molar-refractivity contribution in [1.29, 1.82) is 0 Å². The number of ketones is 1. The number of aliphatic hydroxyl groups excluding tert-OH is 1. The maximum Gasteiger partial charge on any atom is 0.244 e. The minimum absolute atomic E-state index is 0.00795. The summed E-state index contributed by atoms with van der Waals surface area (Å²) in [5.74, 6) is -2.48. The van der Waals surface area contributed by atoms with Gasteiger partial charge in [0, 0.05) is 12.5 Å². The number of hydrogen-bond donors (Lipinski definition) is 6. The number of carbonyl (C=O) groups excluding carboxylic acids is 2. The molecule has 1 aliphatic heterocycles. The number of anilines is 2. The van der Waals surface area contributed by atoms with E-state index in [2.05, 4.69) is 14.4 Å². The van der Waals surface area contributed by atoms with Gasteiger partial charge < -0.3 is 10.4 Å². The summed E-state index contributed by atoms with van der Waals surface area (Å²) in [5, 5.41) is 25.5. The normalized spacial score (nSPS) is 20.9. The third-order valence-corrected chi connectivity index (χ3v) is 8.47. The quantitative estimate of drug-likeness (QED) is 0.205. The second-order valence-electron chi connectivity index (χ2n) is 9.89. The fraction of sp³-hybridized carbons (Fsp3) is 0.320. The number of amidine groups is 1. The van der Waals surface area contributed by atoms with Gasteiger partial charge in [-0.1, -0.05) is 48.9 Å². The number of aliphatic hydroxyl groups is 1. The lowest BCUT2D eigenvalue weighted by molar-refractivity contribution is -0.198. The Morgan fingerprint density at radius 2 is 1.87 bits per heavy atom. The molecule has 2 aromatic rings. The molecule has 0 aromatic heterocycles. The van der Waals surface area contributed by atoms with Crippen molar-refractivity contribution in [3.63, 3.8) is 0 Å². The van der Waals surface area contributed by atoms with Crippen molar-refractivity contribution in [2.45, 2.75) is 44.0 Å². The van der Waals surface area contributed by atoms with Crippen molar-refractivity contribution >= 4 is 55.5 Å². The Morgan fingerprint density at radius 3 is 2.49 bits per heavy atom. The number of hydrogen-bond acceptors (Lipinski definition) is 10. The van der Waals surface area contributed by atoms with Crippen molar-refractivity contribution in [2.24, 2.45) is 10.3 Å². The highest BCUT2D eigenvalue weighted by Gasteiger charge is 2.54. The van der Waals surface area contributed by atoms with Crippen LogP contribution in [0.1, 0.15) is 44.7 Å². The van der Waals surface area contributed by atoms with Gasteiger partial charge in [-0.25, -0.2) is 13.5 Å². The molecule has 0 saturated carbocycles. The number of benzene rings is 2. The molecule has 39 heavy (non-hydrogen) atoms. The molecular formula is C25H30N4O8S2. The second-order valence-corrected chi connectivity index (χ2v) is 13.3. The third-order valence-electron chi connectivity index (χ3n) is 6.50. The van der Waals surface area contributed by atoms with Gasteiger partial charge in [0.1, 0.15) is 16.2 Å². The summed E-state index contributed by atoms with van der Waals surface area (Å²) >= 11 is 0. The molecule has 1 heterocycles. The van der Waals surface area contributed by atoms with Crippen molar-refractivity contribution < 1.29 is 37.4 Å². The van der Waals surface area contributed by atoms with Gasteiger partial charge in [0.2, 0.25) is 21.7 Å². The van der Waals surface area contributed by atoms with Crippen molar-refractivity contribution in [3.05, 3.63) is 59.2 Å². The summed E-state index contributed by atoms with van der Waals surface area (Å²) in [6, 6.07) is 10.2. The molecule has 12 nitrogen and oxygen atoms in total. The van der Waals surface area contributed by atoms with Gasteiger partial charge in [0.25, 0.3) is 0 Å². The summed E-state index contributed by atoms with van der Waals surface area (Å²) in [4.78, 5) is 26.6. The van der Waals surface area contributed by atoms with E-state index >= 15 is 0 Å². The zero-order valence-corrected chi connectivity index (χ0v) is 23.3. The Balaban J connectivity index is 1.91. The number of hydroxylamine groups is 2. The molecule has 1 amide bonds. The van der Waals surface area contributed by atoms with Crippen molar-refractivity contribution in [3.8, 4) is 0 Å². The van der Waals surface area contributed by atoms with Crippen LogP contribution in [0, 0.1) is 5.92 Å². The fourth-order valence-corrected chi connectivity index (χ4v) is 6.48. The zero-order chi connectivity index (χ0) is 28.9. The summed E-state index contributed by atoms with van der Waals surface area (Å²) in [6.45, 7) is 4.95. The predicted octanol–water partition coefficient (Wildman–Crippen LogP) is 4.33. The highest BCUT2D eigenvalue weighted by atomic mass is 32.3. The van der Waals surface area contributed by atoms with E-state index in [9.17, 15) is 37.4 Å². The number of sulfonamides is 1. The molecule has 6 N–H and O–H groups in total. The van der Waals surface area contributed by atoms with Crippen LogP contribution in [-0.4, -0.2) is 56.7 Å². The zero-order valence-electron chi connectivity index (χ0n) is 21.7. The number of rotatable bonds is 7. The van der Waals surface area contributed by atoms with Crippen LogP contribution in [0.3, 0.4) is 0 Å². The van der Waals surface area contributed by atoms with E-state index in [-0.39, 0.29) is 45.6 Å². The van der Waals surface area contributed by atoms with Crippen molar-refractivity contribution in [1.82, 2.24) is 5.06 Å². The first-order valence-corrected chi connectivity index (χ1v) is 15.3. The van der Waals surface area contributed by atoms with E-state index < -0.39 is 49.4 Å². The number of Topliss-reactive ketones (excluding diaryl/α,β-unsaturated/α-hetero) is 1. The van der Waals surface area contributed by atoms with Gasteiger partial charge in [-0.2, -0.15) is 0 Å². The summed E-state index contributed by atoms with van der Waals surface area (Å²) in [5.41, 5.74) is -1.82. The van der Waals surface area contributed by atoms with Crippen LogP contribution in [-0.2, 0) is 25.2 Å². The molecule has 210 valence electrons. The predicted molar refractivity (Wildman–Crippen MR) is 148 cm³/mol. The van der Waals surface area contributed by atoms with E-state index in [0.29, 0.717) is 11.5 Å². The van der Waals surface area contributed by atoms with Gasteiger partial charge in [-0.15, -0.1) is 4.40 Å². The second kappa shape index (κ2) is 9.95. The molecule has 4 rings (SSSR count). The molecule has 1 aliphatic carbocycles. The van der Waals surface area contributed by atoms with E-state index in [1.165, 1.54) is 24.3 Å². The highest BCUT2D eigenvalue weighted by Crippen LogP contribution is 2.57. The number of amides is 1. The maximum absolute atomic E-state index is 14.3. The standard InChI is InChI=1S/C25H30N4O8S2/c1-14(2)11-12-25(29(33)15(3)30)18-8-6-5-7-17(18)22(31)21(23(25)32)24-26-19-10-9-16(27-38(4,34)35)13-20(19)39(36,37)28-24/h5-10,13-14,27,31,33,36-37H,11-12H2,1-4H3,(H,26,28). The van der Waals surface area contributed by atoms with Crippen LogP contribution in [0.25, 0.3) is 5.76 Å². The molecule has 0 spiro atoms. The third kappa shape index (κ3) is 5.13. The largest absolute Gasteiger partial charge is 0.506 e. The first-order chi connectivity index (χ1) is 18.1. The molecule has 1 unspecified atom stereocenters. The fourth-order valence-electron chi connectivity index (χ4n) is 4.74. The Bertz CT molecular complexity index is 1530. The van der Waals surface area contributed by atoms with E-state index in [4.69, 9.17) is 0 Å². The van der Waals surface area contributed by atoms with Crippen LogP contribution in [0.2, 0.25) is 0 Å². The van der Waals surface area contributed by atoms with Gasteiger partial charge >= 0.3 is 0 Å². The summed E-state index contributed by atoms with van der Waals surface area (Å²) in [7, 11) is -7.65. The molecule has 0 radical (unpaired) electrons. The Hall–Kier alpha value is -3.43.